The molecule has 2 aromatic carbocycles. The van der Waals surface area contributed by atoms with Crippen molar-refractivity contribution in [2.45, 2.75) is 22.9 Å². The zero-order valence-electron chi connectivity index (χ0n) is 18.0. The Morgan fingerprint density at radius 1 is 1.12 bits per heavy atom. The molecule has 2 atom stereocenters. The monoisotopic (exact) mass is 531 g/mol. The van der Waals surface area contributed by atoms with Gasteiger partial charge in [0.1, 0.15) is 17.7 Å². The molecule has 0 unspecified atom stereocenters. The molecule has 0 radical (unpaired) electrons. The molecule has 0 aliphatic carbocycles. The van der Waals surface area contributed by atoms with E-state index >= 15 is 0 Å². The maximum absolute atomic E-state index is 13.6. The number of hydrogen-bond donors (Lipinski definition) is 0. The highest BCUT2D eigenvalue weighted by Gasteiger charge is 2.64. The van der Waals surface area contributed by atoms with Crippen LogP contribution in [0.4, 0.5) is 0 Å². The Morgan fingerprint density at radius 2 is 1.70 bits per heavy atom. The molecule has 4 rings (SSSR count). The van der Waals surface area contributed by atoms with Gasteiger partial charge in [0.25, 0.3) is 5.91 Å². The minimum absolute atomic E-state index is 0.0917. The van der Waals surface area contributed by atoms with Gasteiger partial charge in [-0.3, -0.25) is 14.5 Å². The molecule has 0 N–H and O–H groups in total. The summed E-state index contributed by atoms with van der Waals surface area (Å²) < 4.78 is 15.3. The molecular weight excluding hydrogens is 510 g/mol. The van der Waals surface area contributed by atoms with Crippen LogP contribution in [0.1, 0.15) is 24.2 Å². The van der Waals surface area contributed by atoms with Crippen LogP contribution < -0.4 is 0 Å². The van der Waals surface area contributed by atoms with Crippen LogP contribution in [-0.2, 0) is 28.6 Å². The normalized spacial score (nSPS) is 22.0. The van der Waals surface area contributed by atoms with E-state index in [1.807, 2.05) is 60.7 Å². The number of carbonyl (C=O) groups excluding carboxylic acids is 3. The van der Waals surface area contributed by atoms with E-state index in [2.05, 4.69) is 15.9 Å². The zero-order valence-corrected chi connectivity index (χ0v) is 20.4. The van der Waals surface area contributed by atoms with Gasteiger partial charge in [0.05, 0.1) is 0 Å². The van der Waals surface area contributed by atoms with E-state index in [0.717, 1.165) is 11.1 Å². The van der Waals surface area contributed by atoms with E-state index in [0.29, 0.717) is 11.3 Å². The Bertz CT molecular complexity index is 1050. The number of halogens is 1. The van der Waals surface area contributed by atoms with Gasteiger partial charge >= 0.3 is 11.9 Å². The predicted molar refractivity (Wildman–Crippen MR) is 126 cm³/mol. The third kappa shape index (κ3) is 4.45. The number of fused-ring (bicyclic) bond motifs is 1. The number of thioether (sulfide) groups is 1. The number of amides is 1. The van der Waals surface area contributed by atoms with Gasteiger partial charge in [-0.25, -0.2) is 4.79 Å². The summed E-state index contributed by atoms with van der Waals surface area (Å²) in [5, 5.41) is -0.453. The molecule has 0 bridgehead atoms. The van der Waals surface area contributed by atoms with Gasteiger partial charge in [0.15, 0.2) is 6.10 Å². The lowest BCUT2D eigenvalue weighted by atomic mass is 10.0. The number of alkyl halides is 1. The van der Waals surface area contributed by atoms with Gasteiger partial charge < -0.3 is 14.2 Å². The lowest BCUT2D eigenvalue weighted by Crippen LogP contribution is -2.71. The van der Waals surface area contributed by atoms with Crippen LogP contribution in [0.2, 0.25) is 0 Å². The second-order valence-electron chi connectivity index (χ2n) is 7.53. The second-order valence-corrected chi connectivity index (χ2v) is 9.77. The molecule has 2 aliphatic rings. The van der Waals surface area contributed by atoms with E-state index < -0.39 is 33.8 Å². The van der Waals surface area contributed by atoms with Gasteiger partial charge in [-0.05, 0) is 27.1 Å². The average Bonchev–Trinajstić information content (AvgIpc) is 2.85. The molecule has 2 heterocycles. The number of esters is 2. The fourth-order valence-corrected chi connectivity index (χ4v) is 5.90. The molecule has 2 aliphatic heterocycles. The molecule has 0 spiro atoms. The highest BCUT2D eigenvalue weighted by Crippen LogP contribution is 2.51. The van der Waals surface area contributed by atoms with Crippen LogP contribution in [0.25, 0.3) is 0 Å². The first-order chi connectivity index (χ1) is 15.9. The number of rotatable bonds is 7. The minimum atomic E-state index is -1.21. The van der Waals surface area contributed by atoms with E-state index in [1.54, 1.807) is 0 Å². The van der Waals surface area contributed by atoms with E-state index in [4.69, 9.17) is 14.2 Å². The van der Waals surface area contributed by atoms with Crippen LogP contribution in [-0.4, -0.2) is 52.1 Å². The summed E-state index contributed by atoms with van der Waals surface area (Å²) in [4.78, 5) is 39.3. The van der Waals surface area contributed by atoms with Gasteiger partial charge in [-0.1, -0.05) is 60.7 Å². The van der Waals surface area contributed by atoms with Crippen molar-refractivity contribution in [2.75, 3.05) is 19.5 Å². The number of methoxy groups -OCH3 is 1. The number of carbonyl (C=O) groups is 3. The third-order valence-corrected chi connectivity index (χ3v) is 8.20. The Hall–Kier alpha value is -2.62. The minimum Gasteiger partial charge on any atom is -0.461 e. The summed E-state index contributed by atoms with van der Waals surface area (Å²) in [6.45, 7) is 1.19. The first-order valence-electron chi connectivity index (χ1n) is 10.2. The standard InChI is InChI=1S/C24H22BrNO6S/c1-15(27)31-13-18-14-33-23-24(25,30-2)22(29)26(23)19(18)21(28)32-20(16-9-5-3-6-10-16)17-11-7-4-8-12-17/h3-12,20,23H,13-14H2,1-2H3/t23-,24-/m1/s1. The summed E-state index contributed by atoms with van der Waals surface area (Å²) in [5.41, 5.74) is 2.19. The van der Waals surface area contributed by atoms with Crippen molar-refractivity contribution in [3.8, 4) is 0 Å². The van der Waals surface area contributed by atoms with E-state index in [9.17, 15) is 14.4 Å². The number of ether oxygens (including phenoxy) is 3. The number of β-lactam (4-membered cyclic amide) rings is 1. The van der Waals surface area contributed by atoms with Crippen LogP contribution in [0.5, 0.6) is 0 Å². The molecule has 0 aromatic heterocycles. The van der Waals surface area contributed by atoms with Gasteiger partial charge in [-0.15, -0.1) is 11.8 Å². The Morgan fingerprint density at radius 3 is 2.21 bits per heavy atom. The maximum atomic E-state index is 13.6. The molecule has 2 aromatic rings. The molecule has 172 valence electrons. The molecule has 1 saturated heterocycles. The van der Waals surface area contributed by atoms with Crippen molar-refractivity contribution in [3.63, 3.8) is 0 Å². The lowest BCUT2D eigenvalue weighted by Gasteiger charge is -2.53. The molecule has 9 heteroatoms. The van der Waals surface area contributed by atoms with Gasteiger partial charge in [-0.2, -0.15) is 0 Å². The van der Waals surface area contributed by atoms with Crippen molar-refractivity contribution in [1.29, 1.82) is 0 Å². The molecule has 1 amide bonds. The van der Waals surface area contributed by atoms with Crippen molar-refractivity contribution in [1.82, 2.24) is 4.90 Å². The van der Waals surface area contributed by atoms with Crippen molar-refractivity contribution in [3.05, 3.63) is 83.1 Å². The quantitative estimate of drug-likeness (QED) is 0.305. The number of benzene rings is 2. The van der Waals surface area contributed by atoms with Crippen molar-refractivity contribution in [2.24, 2.45) is 0 Å². The highest BCUT2D eigenvalue weighted by molar-refractivity contribution is 9.10. The Balaban J connectivity index is 1.70. The molecule has 7 nitrogen and oxygen atoms in total. The summed E-state index contributed by atoms with van der Waals surface area (Å²) in [5.74, 6) is -1.18. The van der Waals surface area contributed by atoms with Crippen LogP contribution in [0.15, 0.2) is 71.9 Å². The van der Waals surface area contributed by atoms with Gasteiger partial charge in [0.2, 0.25) is 4.51 Å². The molecule has 1 fully saturated rings. The Labute approximate surface area is 204 Å². The lowest BCUT2D eigenvalue weighted by molar-refractivity contribution is -0.168. The van der Waals surface area contributed by atoms with Crippen LogP contribution in [0, 0.1) is 0 Å². The maximum Gasteiger partial charge on any atom is 0.356 e. The highest BCUT2D eigenvalue weighted by atomic mass is 79.9. The summed E-state index contributed by atoms with van der Waals surface area (Å²) in [6, 6.07) is 18.8. The largest absolute Gasteiger partial charge is 0.461 e. The third-order valence-electron chi connectivity index (χ3n) is 5.42. The molecule has 33 heavy (non-hydrogen) atoms. The number of nitrogens with zero attached hydrogens (tertiary/aromatic N) is 1. The van der Waals surface area contributed by atoms with Gasteiger partial charge in [0, 0.05) is 25.4 Å². The zero-order chi connectivity index (χ0) is 23.6. The molecule has 0 saturated carbocycles. The van der Waals surface area contributed by atoms with Crippen molar-refractivity contribution < 1.29 is 28.6 Å². The first-order valence-corrected chi connectivity index (χ1v) is 12.1. The predicted octanol–water partition coefficient (Wildman–Crippen LogP) is 3.79. The topological polar surface area (TPSA) is 82.1 Å². The van der Waals surface area contributed by atoms with Crippen molar-refractivity contribution >= 4 is 45.5 Å². The smallest absolute Gasteiger partial charge is 0.356 e. The van der Waals surface area contributed by atoms with Crippen LogP contribution >= 0.6 is 27.7 Å². The van der Waals surface area contributed by atoms with E-state index in [-0.39, 0.29) is 12.3 Å². The number of hydrogen-bond acceptors (Lipinski definition) is 7. The second kappa shape index (κ2) is 9.70. The average molecular weight is 532 g/mol. The summed E-state index contributed by atoms with van der Waals surface area (Å²) >= 11 is 4.78. The van der Waals surface area contributed by atoms with Crippen LogP contribution in [0.3, 0.4) is 0 Å². The van der Waals surface area contributed by atoms with E-state index in [1.165, 1.54) is 30.7 Å². The fraction of sp³-hybridized carbons (Fsp3) is 0.292. The summed E-state index contributed by atoms with van der Waals surface area (Å²) in [7, 11) is 1.43. The Kier molecular flexibility index (Phi) is 6.92. The molecular formula is C24H22BrNO6S. The SMILES string of the molecule is CO[C@]1(Br)C(=O)N2C(C(=O)OC(c3ccccc3)c3ccccc3)=C(COC(C)=O)CS[C@@H]21. The first kappa shape index (κ1) is 23.5. The summed E-state index contributed by atoms with van der Waals surface area (Å²) in [6.07, 6.45) is -0.678. The fourth-order valence-electron chi connectivity index (χ4n) is 3.77.